The van der Waals surface area contributed by atoms with Crippen LogP contribution in [0, 0.1) is 0 Å². The van der Waals surface area contributed by atoms with Gasteiger partial charge in [0.2, 0.25) is 10.0 Å². The second kappa shape index (κ2) is 8.18. The van der Waals surface area contributed by atoms with E-state index in [1.165, 1.54) is 11.6 Å². The minimum Gasteiger partial charge on any atom is -0.357 e. The molecular weight excluding hydrogens is 404 g/mol. The second-order valence-electron chi connectivity index (χ2n) is 6.61. The van der Waals surface area contributed by atoms with Gasteiger partial charge in [0.05, 0.1) is 6.54 Å². The van der Waals surface area contributed by atoms with Crippen molar-refractivity contribution in [3.8, 4) is 0 Å². The molecule has 9 heteroatoms. The highest BCUT2D eigenvalue weighted by Gasteiger charge is 2.44. The summed E-state index contributed by atoms with van der Waals surface area (Å²) in [6.07, 6.45) is 2.23. The van der Waals surface area contributed by atoms with Gasteiger partial charge in [-0.05, 0) is 49.6 Å². The van der Waals surface area contributed by atoms with Crippen molar-refractivity contribution in [2.24, 2.45) is 10.1 Å². The van der Waals surface area contributed by atoms with Gasteiger partial charge < -0.3 is 10.6 Å². The molecule has 0 radical (unpaired) electrons. The summed E-state index contributed by atoms with van der Waals surface area (Å²) >= 11 is 7.28. The number of rotatable bonds is 7. The van der Waals surface area contributed by atoms with Crippen molar-refractivity contribution in [1.29, 1.82) is 0 Å². The lowest BCUT2D eigenvalue weighted by atomic mass is 9.96. The summed E-state index contributed by atoms with van der Waals surface area (Å²) in [7, 11) is -3.66. The highest BCUT2D eigenvalue weighted by molar-refractivity contribution is 7.91. The van der Waals surface area contributed by atoms with E-state index < -0.39 is 10.0 Å². The Morgan fingerprint density at radius 3 is 2.67 bits per heavy atom. The molecule has 1 aliphatic rings. The lowest BCUT2D eigenvalue weighted by Gasteiger charge is -2.19. The highest BCUT2D eigenvalue weighted by atomic mass is 35.5. The molecule has 0 amide bonds. The molecular formula is C18H23ClN4O2S2. The van der Waals surface area contributed by atoms with Gasteiger partial charge in [0.25, 0.3) is 0 Å². The lowest BCUT2D eigenvalue weighted by molar-refractivity contribution is 0.600. The van der Waals surface area contributed by atoms with E-state index in [2.05, 4.69) is 21.7 Å². The van der Waals surface area contributed by atoms with Crippen molar-refractivity contribution in [2.75, 3.05) is 13.1 Å². The zero-order valence-electron chi connectivity index (χ0n) is 15.0. The molecule has 3 rings (SSSR count). The fraction of sp³-hybridized carbons (Fsp3) is 0.389. The number of nitrogens with zero attached hydrogens (tertiary/aromatic N) is 1. The maximum Gasteiger partial charge on any atom is 0.247 e. The predicted molar refractivity (Wildman–Crippen MR) is 111 cm³/mol. The molecule has 0 saturated heterocycles. The Kier molecular flexibility index (Phi) is 6.10. The van der Waals surface area contributed by atoms with E-state index in [0.29, 0.717) is 12.5 Å². The summed E-state index contributed by atoms with van der Waals surface area (Å²) in [5, 5.41) is 12.5. The molecule has 0 unspecified atom stereocenters. The van der Waals surface area contributed by atoms with E-state index in [1.54, 1.807) is 6.07 Å². The van der Waals surface area contributed by atoms with Gasteiger partial charge >= 0.3 is 0 Å². The minimum atomic E-state index is -3.66. The molecule has 27 heavy (non-hydrogen) atoms. The fourth-order valence-electron chi connectivity index (χ4n) is 2.88. The summed E-state index contributed by atoms with van der Waals surface area (Å²) in [5.74, 6) is 0.705. The van der Waals surface area contributed by atoms with Crippen LogP contribution in [0.1, 0.15) is 30.2 Å². The van der Waals surface area contributed by atoms with Gasteiger partial charge in [0, 0.05) is 28.4 Å². The number of benzene rings is 1. The van der Waals surface area contributed by atoms with Gasteiger partial charge in [-0.2, -0.15) is 0 Å². The Bertz CT molecular complexity index is 936. The van der Waals surface area contributed by atoms with Gasteiger partial charge in [-0.25, -0.2) is 18.5 Å². The number of aliphatic imine (C=N–C) groups is 1. The topological polar surface area (TPSA) is 96.6 Å². The molecule has 146 valence electrons. The Hall–Kier alpha value is -1.61. The van der Waals surface area contributed by atoms with Gasteiger partial charge in [-0.15, -0.1) is 11.3 Å². The van der Waals surface area contributed by atoms with Crippen molar-refractivity contribution in [1.82, 2.24) is 10.6 Å². The van der Waals surface area contributed by atoms with Crippen LogP contribution in [0.2, 0.25) is 5.02 Å². The molecule has 1 heterocycles. The number of hydrogen-bond acceptors (Lipinski definition) is 4. The summed E-state index contributed by atoms with van der Waals surface area (Å²) in [4.78, 5) is 5.40. The van der Waals surface area contributed by atoms with Crippen LogP contribution in [0.3, 0.4) is 0 Å². The molecule has 1 aliphatic carbocycles. The quantitative estimate of drug-likeness (QED) is 0.468. The number of thiophene rings is 1. The average molecular weight is 427 g/mol. The number of nitrogens with two attached hydrogens (primary N) is 1. The molecule has 2 aromatic rings. The molecule has 6 nitrogen and oxygen atoms in total. The zero-order valence-corrected chi connectivity index (χ0v) is 17.4. The van der Waals surface area contributed by atoms with Crippen LogP contribution in [-0.2, 0) is 22.0 Å². The number of sulfonamides is 1. The Morgan fingerprint density at radius 1 is 1.30 bits per heavy atom. The standard InChI is InChI=1S/C18H23ClN4O2S2/c1-2-21-17(22-11-15-6-7-16(26-15)27(20,24)25)23-12-18(8-9-18)13-4-3-5-14(19)10-13/h3-7,10H,2,8-9,11-12H2,1H3,(H2,20,24,25)(H2,21,22,23). The number of nitrogens with one attached hydrogen (secondary N) is 2. The molecule has 0 atom stereocenters. The Labute approximate surface area is 168 Å². The van der Waals surface area contributed by atoms with Gasteiger partial charge in [0.1, 0.15) is 4.21 Å². The van der Waals surface area contributed by atoms with Crippen LogP contribution in [0.5, 0.6) is 0 Å². The monoisotopic (exact) mass is 426 g/mol. The summed E-state index contributed by atoms with van der Waals surface area (Å²) in [6, 6.07) is 11.3. The van der Waals surface area contributed by atoms with Crippen LogP contribution in [-0.4, -0.2) is 27.5 Å². The van der Waals surface area contributed by atoms with Crippen LogP contribution in [0.4, 0.5) is 0 Å². The van der Waals surface area contributed by atoms with Crippen molar-refractivity contribution in [3.05, 3.63) is 51.9 Å². The Balaban J connectivity index is 1.65. The maximum atomic E-state index is 11.4. The molecule has 4 N–H and O–H groups in total. The molecule has 1 aromatic heterocycles. The molecule has 0 bridgehead atoms. The SMILES string of the molecule is CCNC(=NCc1ccc(S(N)(=O)=O)s1)NCC1(c2cccc(Cl)c2)CC1. The van der Waals surface area contributed by atoms with Crippen LogP contribution < -0.4 is 15.8 Å². The predicted octanol–water partition coefficient (Wildman–Crippen LogP) is 2.84. The number of guanidine groups is 1. The van der Waals surface area contributed by atoms with Gasteiger partial charge in [0.15, 0.2) is 5.96 Å². The van der Waals surface area contributed by atoms with E-state index in [-0.39, 0.29) is 9.62 Å². The second-order valence-corrected chi connectivity index (χ2v) is 10.00. The smallest absolute Gasteiger partial charge is 0.247 e. The summed E-state index contributed by atoms with van der Waals surface area (Å²) in [5.41, 5.74) is 1.35. The number of primary sulfonamides is 1. The first-order chi connectivity index (χ1) is 12.8. The maximum absolute atomic E-state index is 11.4. The molecule has 1 saturated carbocycles. The molecule has 1 fully saturated rings. The van der Waals surface area contributed by atoms with E-state index in [1.807, 2.05) is 25.1 Å². The number of hydrogen-bond donors (Lipinski definition) is 3. The van der Waals surface area contributed by atoms with Crippen LogP contribution >= 0.6 is 22.9 Å². The van der Waals surface area contributed by atoms with Crippen molar-refractivity contribution >= 4 is 38.9 Å². The number of halogens is 1. The van der Waals surface area contributed by atoms with Crippen molar-refractivity contribution < 1.29 is 8.42 Å². The minimum absolute atomic E-state index is 0.102. The first-order valence-electron chi connectivity index (χ1n) is 8.72. The lowest BCUT2D eigenvalue weighted by Crippen LogP contribution is -2.41. The van der Waals surface area contributed by atoms with E-state index >= 15 is 0 Å². The van der Waals surface area contributed by atoms with Crippen LogP contribution in [0.15, 0.2) is 45.6 Å². The normalized spacial score (nSPS) is 16.2. The molecule has 0 spiro atoms. The molecule has 0 aliphatic heterocycles. The third kappa shape index (κ3) is 5.22. The van der Waals surface area contributed by atoms with Crippen molar-refractivity contribution in [3.63, 3.8) is 0 Å². The third-order valence-corrected chi connectivity index (χ3v) is 7.28. The average Bonchev–Trinajstić information content (AvgIpc) is 3.25. The van der Waals surface area contributed by atoms with Gasteiger partial charge in [-0.1, -0.05) is 23.7 Å². The summed E-state index contributed by atoms with van der Waals surface area (Å²) in [6.45, 7) is 3.90. The van der Waals surface area contributed by atoms with E-state index in [9.17, 15) is 8.42 Å². The van der Waals surface area contributed by atoms with Crippen LogP contribution in [0.25, 0.3) is 0 Å². The van der Waals surface area contributed by atoms with E-state index in [4.69, 9.17) is 16.7 Å². The first kappa shape index (κ1) is 20.1. The summed E-state index contributed by atoms with van der Waals surface area (Å²) < 4.78 is 22.9. The third-order valence-electron chi connectivity index (χ3n) is 4.54. The zero-order chi connectivity index (χ0) is 19.5. The molecule has 1 aromatic carbocycles. The largest absolute Gasteiger partial charge is 0.357 e. The highest BCUT2D eigenvalue weighted by Crippen LogP contribution is 2.48. The first-order valence-corrected chi connectivity index (χ1v) is 11.5. The van der Waals surface area contributed by atoms with Crippen molar-refractivity contribution in [2.45, 2.75) is 35.9 Å². The van der Waals surface area contributed by atoms with Gasteiger partial charge in [-0.3, -0.25) is 0 Å². The fourth-order valence-corrected chi connectivity index (χ4v) is 4.78. The Morgan fingerprint density at radius 2 is 2.07 bits per heavy atom. The van der Waals surface area contributed by atoms with E-state index in [0.717, 1.165) is 47.2 Å².